The maximum atomic E-state index is 12.8. The number of rotatable bonds is 4. The third-order valence-corrected chi connectivity index (χ3v) is 5.20. The van der Waals surface area contributed by atoms with Gasteiger partial charge in [-0.2, -0.15) is 0 Å². The third kappa shape index (κ3) is 3.11. The van der Waals surface area contributed by atoms with E-state index in [1.165, 1.54) is 6.20 Å². The number of aromatic nitrogens is 2. The van der Waals surface area contributed by atoms with Crippen LogP contribution >= 0.6 is 0 Å². The van der Waals surface area contributed by atoms with Crippen molar-refractivity contribution in [3.63, 3.8) is 0 Å². The van der Waals surface area contributed by atoms with Crippen molar-refractivity contribution in [1.29, 1.82) is 0 Å². The lowest BCUT2D eigenvalue weighted by molar-refractivity contribution is -0.133. The van der Waals surface area contributed by atoms with Crippen molar-refractivity contribution in [2.75, 3.05) is 33.2 Å². The van der Waals surface area contributed by atoms with E-state index in [-0.39, 0.29) is 5.91 Å². The maximum Gasteiger partial charge on any atom is 0.250 e. The van der Waals surface area contributed by atoms with E-state index in [1.807, 2.05) is 9.47 Å². The summed E-state index contributed by atoms with van der Waals surface area (Å²) in [7, 11) is 2.08. The second kappa shape index (κ2) is 6.15. The van der Waals surface area contributed by atoms with Gasteiger partial charge in [0, 0.05) is 43.5 Å². The highest BCUT2D eigenvalue weighted by atomic mass is 16.2. The summed E-state index contributed by atoms with van der Waals surface area (Å²) in [6, 6.07) is 3.83. The van der Waals surface area contributed by atoms with Gasteiger partial charge in [-0.25, -0.2) is 4.98 Å². The van der Waals surface area contributed by atoms with Crippen LogP contribution < -0.4 is 5.73 Å². The summed E-state index contributed by atoms with van der Waals surface area (Å²) in [4.78, 5) is 32.8. The van der Waals surface area contributed by atoms with Crippen LogP contribution in [0.4, 0.5) is 0 Å². The molecule has 4 rings (SSSR count). The van der Waals surface area contributed by atoms with Crippen LogP contribution in [0.5, 0.6) is 0 Å². The number of hydrogen-bond donors (Lipinski definition) is 1. The largest absolute Gasteiger partial charge is 0.366 e. The Kier molecular flexibility index (Phi) is 3.95. The van der Waals surface area contributed by atoms with E-state index in [2.05, 4.69) is 23.0 Å². The number of primary amides is 1. The van der Waals surface area contributed by atoms with Crippen molar-refractivity contribution in [3.05, 3.63) is 29.6 Å². The molecule has 1 aliphatic carbocycles. The van der Waals surface area contributed by atoms with Gasteiger partial charge in [-0.3, -0.25) is 9.59 Å². The van der Waals surface area contributed by atoms with Crippen LogP contribution in [0, 0.1) is 0 Å². The molecule has 2 amide bonds. The first-order chi connectivity index (χ1) is 12.0. The molecule has 0 spiro atoms. The average molecular weight is 341 g/mol. The van der Waals surface area contributed by atoms with Crippen LogP contribution in [-0.2, 0) is 11.3 Å². The SMILES string of the molecule is CN1CCN(C(=O)Cn2c(C3CC3)cc3cc(C(N)=O)cnc32)CC1. The number of carbonyl (C=O) groups is 2. The number of fused-ring (bicyclic) bond motifs is 1. The first-order valence-corrected chi connectivity index (χ1v) is 8.78. The summed E-state index contributed by atoms with van der Waals surface area (Å²) in [5.41, 5.74) is 7.66. The Labute approximate surface area is 146 Å². The number of nitrogens with two attached hydrogens (primary N) is 1. The number of amides is 2. The molecule has 1 aliphatic heterocycles. The number of carbonyl (C=O) groups excluding carboxylic acids is 2. The Morgan fingerprint density at radius 3 is 2.56 bits per heavy atom. The van der Waals surface area contributed by atoms with Crippen molar-refractivity contribution in [1.82, 2.24) is 19.4 Å². The lowest BCUT2D eigenvalue weighted by Gasteiger charge is -2.32. The standard InChI is InChI=1S/C18H23N5O2/c1-21-4-6-22(7-5-21)16(24)11-23-15(12-2-3-12)9-13-8-14(17(19)25)10-20-18(13)23/h8-10,12H,2-7,11H2,1H3,(H2,19,25). The summed E-state index contributed by atoms with van der Waals surface area (Å²) in [6.07, 6.45) is 3.78. The number of hydrogen-bond acceptors (Lipinski definition) is 4. The van der Waals surface area contributed by atoms with E-state index in [0.29, 0.717) is 18.0 Å². The zero-order chi connectivity index (χ0) is 17.6. The fourth-order valence-corrected chi connectivity index (χ4v) is 3.48. The highest BCUT2D eigenvalue weighted by molar-refractivity contribution is 5.96. The summed E-state index contributed by atoms with van der Waals surface area (Å²) in [5, 5.41) is 0.879. The van der Waals surface area contributed by atoms with Gasteiger partial charge in [0.2, 0.25) is 11.8 Å². The van der Waals surface area contributed by atoms with Crippen LogP contribution in [0.1, 0.15) is 34.8 Å². The Morgan fingerprint density at radius 2 is 1.92 bits per heavy atom. The molecule has 0 atom stereocenters. The molecule has 3 heterocycles. The molecule has 0 bridgehead atoms. The monoisotopic (exact) mass is 341 g/mol. The van der Waals surface area contributed by atoms with Crippen LogP contribution in [0.15, 0.2) is 18.3 Å². The van der Waals surface area contributed by atoms with Gasteiger partial charge < -0.3 is 20.1 Å². The molecule has 1 saturated heterocycles. The molecule has 2 aromatic rings. The smallest absolute Gasteiger partial charge is 0.250 e. The molecular formula is C18H23N5O2. The maximum absolute atomic E-state index is 12.8. The molecule has 2 aromatic heterocycles. The van der Waals surface area contributed by atoms with Crippen molar-refractivity contribution in [2.45, 2.75) is 25.3 Å². The Bertz CT molecular complexity index is 831. The zero-order valence-electron chi connectivity index (χ0n) is 14.4. The first kappa shape index (κ1) is 16.1. The van der Waals surface area contributed by atoms with Crippen molar-refractivity contribution >= 4 is 22.8 Å². The van der Waals surface area contributed by atoms with Gasteiger partial charge in [-0.15, -0.1) is 0 Å². The lowest BCUT2D eigenvalue weighted by Crippen LogP contribution is -2.48. The predicted molar refractivity (Wildman–Crippen MR) is 94.3 cm³/mol. The van der Waals surface area contributed by atoms with Crippen LogP contribution in [0.2, 0.25) is 0 Å². The van der Waals surface area contributed by atoms with Crippen LogP contribution in [0.3, 0.4) is 0 Å². The average Bonchev–Trinajstić information content (AvgIpc) is 3.38. The normalized spacial score (nSPS) is 18.7. The molecule has 7 heteroatoms. The van der Waals surface area contributed by atoms with Gasteiger partial charge in [-0.1, -0.05) is 0 Å². The molecule has 2 fully saturated rings. The Balaban J connectivity index is 1.64. The molecule has 0 radical (unpaired) electrons. The molecule has 1 saturated carbocycles. The number of pyridine rings is 1. The molecule has 0 aromatic carbocycles. The minimum atomic E-state index is -0.483. The lowest BCUT2D eigenvalue weighted by atomic mass is 10.2. The topological polar surface area (TPSA) is 84.5 Å². The van der Waals surface area contributed by atoms with Gasteiger partial charge >= 0.3 is 0 Å². The summed E-state index contributed by atoms with van der Waals surface area (Å²) in [6.45, 7) is 3.67. The number of likely N-dealkylation sites (N-methyl/N-ethyl adjacent to an activating group) is 1. The molecule has 132 valence electrons. The van der Waals surface area contributed by atoms with E-state index < -0.39 is 5.91 Å². The zero-order valence-corrected chi connectivity index (χ0v) is 14.4. The minimum Gasteiger partial charge on any atom is -0.366 e. The van der Waals surface area contributed by atoms with Gasteiger partial charge in [0.25, 0.3) is 0 Å². The Morgan fingerprint density at radius 1 is 1.20 bits per heavy atom. The van der Waals surface area contributed by atoms with Gasteiger partial charge in [0.15, 0.2) is 0 Å². The minimum absolute atomic E-state index is 0.133. The summed E-state index contributed by atoms with van der Waals surface area (Å²) < 4.78 is 2.03. The van der Waals surface area contributed by atoms with Crippen LogP contribution in [0.25, 0.3) is 11.0 Å². The van der Waals surface area contributed by atoms with Gasteiger partial charge in [0.1, 0.15) is 12.2 Å². The van der Waals surface area contributed by atoms with E-state index in [0.717, 1.165) is 55.7 Å². The van der Waals surface area contributed by atoms with E-state index in [9.17, 15) is 9.59 Å². The van der Waals surface area contributed by atoms with Crippen molar-refractivity contribution in [3.8, 4) is 0 Å². The fourth-order valence-electron chi connectivity index (χ4n) is 3.48. The third-order valence-electron chi connectivity index (χ3n) is 5.20. The van der Waals surface area contributed by atoms with Gasteiger partial charge in [-0.05, 0) is 37.9 Å². The van der Waals surface area contributed by atoms with E-state index in [4.69, 9.17) is 5.73 Å². The number of piperazine rings is 1. The Hall–Kier alpha value is -2.41. The second-order valence-electron chi connectivity index (χ2n) is 7.11. The first-order valence-electron chi connectivity index (χ1n) is 8.78. The highest BCUT2D eigenvalue weighted by Crippen LogP contribution is 2.42. The van der Waals surface area contributed by atoms with E-state index in [1.54, 1.807) is 6.07 Å². The quantitative estimate of drug-likeness (QED) is 0.891. The summed E-state index contributed by atoms with van der Waals surface area (Å²) >= 11 is 0. The van der Waals surface area contributed by atoms with Gasteiger partial charge in [0.05, 0.1) is 5.56 Å². The molecular weight excluding hydrogens is 318 g/mol. The van der Waals surface area contributed by atoms with E-state index >= 15 is 0 Å². The van der Waals surface area contributed by atoms with Crippen molar-refractivity contribution < 1.29 is 9.59 Å². The van der Waals surface area contributed by atoms with Crippen LogP contribution in [-0.4, -0.2) is 64.4 Å². The predicted octanol–water partition coefficient (Wildman–Crippen LogP) is 0.787. The number of nitrogens with zero attached hydrogens (tertiary/aromatic N) is 4. The fraction of sp³-hybridized carbons (Fsp3) is 0.500. The molecule has 0 unspecified atom stereocenters. The summed E-state index contributed by atoms with van der Waals surface area (Å²) in [5.74, 6) is 0.142. The highest BCUT2D eigenvalue weighted by Gasteiger charge is 2.30. The molecule has 2 aliphatic rings. The van der Waals surface area contributed by atoms with Crippen molar-refractivity contribution in [2.24, 2.45) is 5.73 Å². The second-order valence-corrected chi connectivity index (χ2v) is 7.11. The molecule has 7 nitrogen and oxygen atoms in total. The molecule has 2 N–H and O–H groups in total. The molecule has 25 heavy (non-hydrogen) atoms.